The highest BCUT2D eigenvalue weighted by molar-refractivity contribution is 5.83. The molecule has 8 nitrogen and oxygen atoms in total. The zero-order valence-corrected chi connectivity index (χ0v) is 17.1. The molecule has 3 aromatic rings. The highest BCUT2D eigenvalue weighted by Gasteiger charge is 2.16. The quantitative estimate of drug-likeness (QED) is 0.706. The SMILES string of the molecule is CN1CCN(c2ccc(Nc3ncc4cc(C#N)c(=O)n(C5=CC=C5)c4n3)cc2)CC1. The molecule has 1 aromatic carbocycles. The highest BCUT2D eigenvalue weighted by Crippen LogP contribution is 2.23. The molecule has 0 bridgehead atoms. The third kappa shape index (κ3) is 3.56. The van der Waals surface area contributed by atoms with Gasteiger partial charge in [0.25, 0.3) is 5.56 Å². The number of fused-ring (bicyclic) bond motifs is 1. The van der Waals surface area contributed by atoms with Gasteiger partial charge in [0.2, 0.25) is 5.95 Å². The van der Waals surface area contributed by atoms with Gasteiger partial charge in [-0.1, -0.05) is 6.08 Å². The van der Waals surface area contributed by atoms with Crippen molar-refractivity contribution in [2.45, 2.75) is 0 Å². The summed E-state index contributed by atoms with van der Waals surface area (Å²) in [6.07, 6.45) is 7.10. The van der Waals surface area contributed by atoms with Crippen LogP contribution in [0.4, 0.5) is 17.3 Å². The van der Waals surface area contributed by atoms with Crippen LogP contribution in [0.2, 0.25) is 0 Å². The van der Waals surface area contributed by atoms with Crippen molar-refractivity contribution in [3.05, 3.63) is 70.7 Å². The molecule has 0 unspecified atom stereocenters. The lowest BCUT2D eigenvalue weighted by atomic mass is 10.1. The van der Waals surface area contributed by atoms with Gasteiger partial charge in [-0.2, -0.15) is 10.2 Å². The van der Waals surface area contributed by atoms with E-state index in [0.29, 0.717) is 22.7 Å². The first-order valence-electron chi connectivity index (χ1n) is 10.1. The number of pyridine rings is 1. The summed E-state index contributed by atoms with van der Waals surface area (Å²) >= 11 is 0. The zero-order chi connectivity index (χ0) is 21.4. The molecule has 1 N–H and O–H groups in total. The molecular formula is C23H21N7O. The number of benzene rings is 1. The van der Waals surface area contributed by atoms with Crippen LogP contribution in [-0.4, -0.2) is 52.7 Å². The van der Waals surface area contributed by atoms with Crippen molar-refractivity contribution < 1.29 is 0 Å². The minimum Gasteiger partial charge on any atom is -0.369 e. The molecule has 0 atom stereocenters. The van der Waals surface area contributed by atoms with Gasteiger partial charge < -0.3 is 15.1 Å². The normalized spacial score (nSPS) is 16.0. The van der Waals surface area contributed by atoms with Gasteiger partial charge in [0.1, 0.15) is 11.6 Å². The van der Waals surface area contributed by atoms with Crippen LogP contribution < -0.4 is 15.8 Å². The summed E-state index contributed by atoms with van der Waals surface area (Å²) in [6.45, 7) is 4.16. The number of nitrogens with one attached hydrogen (secondary N) is 1. The van der Waals surface area contributed by atoms with E-state index in [1.54, 1.807) is 6.20 Å². The molecule has 1 aliphatic heterocycles. The van der Waals surface area contributed by atoms with Crippen LogP contribution in [0.1, 0.15) is 5.56 Å². The molecule has 31 heavy (non-hydrogen) atoms. The van der Waals surface area contributed by atoms with E-state index in [4.69, 9.17) is 0 Å². The summed E-state index contributed by atoms with van der Waals surface area (Å²) in [5.74, 6) is 0.390. The molecule has 8 heteroatoms. The third-order valence-corrected chi connectivity index (χ3v) is 5.65. The van der Waals surface area contributed by atoms with E-state index >= 15 is 0 Å². The molecule has 1 fully saturated rings. The van der Waals surface area contributed by atoms with Crippen LogP contribution in [0.15, 0.2) is 59.6 Å². The first-order chi connectivity index (χ1) is 15.1. The van der Waals surface area contributed by atoms with Crippen LogP contribution in [0.25, 0.3) is 16.7 Å². The van der Waals surface area contributed by atoms with Gasteiger partial charge in [-0.3, -0.25) is 9.36 Å². The molecule has 0 amide bonds. The van der Waals surface area contributed by atoms with Crippen molar-refractivity contribution in [1.82, 2.24) is 19.4 Å². The number of likely N-dealkylation sites (N-methyl/N-ethyl adjacent to an activating group) is 1. The van der Waals surface area contributed by atoms with Crippen molar-refractivity contribution in [1.29, 1.82) is 5.26 Å². The number of aromatic nitrogens is 3. The number of anilines is 3. The lowest BCUT2D eigenvalue weighted by Crippen LogP contribution is -2.44. The van der Waals surface area contributed by atoms with E-state index in [0.717, 1.165) is 31.9 Å². The first-order valence-corrected chi connectivity index (χ1v) is 10.1. The van der Waals surface area contributed by atoms with Crippen LogP contribution >= 0.6 is 0 Å². The highest BCUT2D eigenvalue weighted by atomic mass is 16.1. The van der Waals surface area contributed by atoms with E-state index < -0.39 is 0 Å². The molecule has 1 saturated heterocycles. The van der Waals surface area contributed by atoms with E-state index in [1.807, 2.05) is 36.4 Å². The number of nitriles is 1. The average molecular weight is 411 g/mol. The summed E-state index contributed by atoms with van der Waals surface area (Å²) in [7, 11) is 2.15. The van der Waals surface area contributed by atoms with Gasteiger partial charge >= 0.3 is 0 Å². The maximum Gasteiger partial charge on any atom is 0.274 e. The Balaban J connectivity index is 1.43. The second-order valence-corrected chi connectivity index (χ2v) is 7.70. The molecule has 3 heterocycles. The average Bonchev–Trinajstić information content (AvgIpc) is 2.75. The van der Waals surface area contributed by atoms with E-state index in [-0.39, 0.29) is 11.1 Å². The van der Waals surface area contributed by atoms with Crippen LogP contribution in [0, 0.1) is 11.3 Å². The number of piperazine rings is 1. The topological polar surface area (TPSA) is 90.1 Å². The smallest absolute Gasteiger partial charge is 0.274 e. The molecule has 2 aliphatic rings. The number of hydrogen-bond donors (Lipinski definition) is 1. The molecule has 2 aromatic heterocycles. The van der Waals surface area contributed by atoms with Crippen LogP contribution in [0.5, 0.6) is 0 Å². The van der Waals surface area contributed by atoms with Crippen molar-refractivity contribution in [2.75, 3.05) is 43.4 Å². The van der Waals surface area contributed by atoms with E-state index in [1.165, 1.54) is 16.3 Å². The number of hydrogen-bond acceptors (Lipinski definition) is 7. The Morgan fingerprint density at radius 1 is 1.13 bits per heavy atom. The molecule has 1 aliphatic carbocycles. The number of nitrogens with zero attached hydrogens (tertiary/aromatic N) is 6. The zero-order valence-electron chi connectivity index (χ0n) is 17.1. The number of rotatable bonds is 4. The predicted molar refractivity (Wildman–Crippen MR) is 121 cm³/mol. The number of allylic oxidation sites excluding steroid dienone is 4. The lowest BCUT2D eigenvalue weighted by molar-refractivity contribution is 0.313. The van der Waals surface area contributed by atoms with Gasteiger partial charge in [-0.25, -0.2) is 4.98 Å². The largest absolute Gasteiger partial charge is 0.369 e. The Morgan fingerprint density at radius 3 is 2.52 bits per heavy atom. The van der Waals surface area contributed by atoms with Gasteiger partial charge in [0.15, 0.2) is 5.65 Å². The fourth-order valence-corrected chi connectivity index (χ4v) is 3.76. The predicted octanol–water partition coefficient (Wildman–Crippen LogP) is 2.57. The summed E-state index contributed by atoms with van der Waals surface area (Å²) in [4.78, 5) is 26.4. The minimum atomic E-state index is -0.383. The fourth-order valence-electron chi connectivity index (χ4n) is 3.76. The summed E-state index contributed by atoms with van der Waals surface area (Å²) in [6, 6.07) is 11.7. The van der Waals surface area contributed by atoms with Gasteiger partial charge in [0.05, 0.1) is 5.70 Å². The Bertz CT molecular complexity index is 1310. The molecule has 0 radical (unpaired) electrons. The van der Waals surface area contributed by atoms with Gasteiger partial charge in [-0.05, 0) is 49.5 Å². The van der Waals surface area contributed by atoms with Crippen molar-refractivity contribution in [3.8, 4) is 6.07 Å². The van der Waals surface area contributed by atoms with E-state index in [9.17, 15) is 10.1 Å². The van der Waals surface area contributed by atoms with Gasteiger partial charge in [-0.15, -0.1) is 0 Å². The molecule has 154 valence electrons. The second kappa shape index (κ2) is 7.70. The standard InChI is InChI=1S/C23H21N7O/c1-28-9-11-29(12-10-28)19-7-5-18(6-8-19)26-23-25-15-17-13-16(14-24)22(31)30(21(17)27-23)20-3-2-4-20/h2-8,13,15H,9-12H2,1H3,(H,25,26,27). The minimum absolute atomic E-state index is 0.0671. The summed E-state index contributed by atoms with van der Waals surface area (Å²) in [5.41, 5.74) is 2.91. The third-order valence-electron chi connectivity index (χ3n) is 5.65. The van der Waals surface area contributed by atoms with Gasteiger partial charge in [0, 0.05) is 49.1 Å². The maximum atomic E-state index is 12.7. The van der Waals surface area contributed by atoms with Crippen molar-refractivity contribution in [2.24, 2.45) is 0 Å². The molecule has 5 rings (SSSR count). The molecule has 0 spiro atoms. The Hall–Kier alpha value is -3.96. The second-order valence-electron chi connectivity index (χ2n) is 7.70. The Kier molecular flexibility index (Phi) is 4.73. The fraction of sp³-hybridized carbons (Fsp3) is 0.217. The monoisotopic (exact) mass is 411 g/mol. The summed E-state index contributed by atoms with van der Waals surface area (Å²) in [5, 5.41) is 13.1. The molecular weight excluding hydrogens is 390 g/mol. The van der Waals surface area contributed by atoms with Crippen LogP contribution in [0.3, 0.4) is 0 Å². The van der Waals surface area contributed by atoms with E-state index in [2.05, 4.69) is 44.3 Å². The Labute approximate surface area is 179 Å². The Morgan fingerprint density at radius 2 is 1.87 bits per heavy atom. The van der Waals surface area contributed by atoms with Crippen molar-refractivity contribution in [3.63, 3.8) is 0 Å². The first kappa shape index (κ1) is 19.0. The lowest BCUT2D eigenvalue weighted by Gasteiger charge is -2.34. The van der Waals surface area contributed by atoms with Crippen LogP contribution in [-0.2, 0) is 0 Å². The van der Waals surface area contributed by atoms with Crippen molar-refractivity contribution >= 4 is 34.1 Å². The maximum absolute atomic E-state index is 12.7. The summed E-state index contributed by atoms with van der Waals surface area (Å²) < 4.78 is 1.46. The molecule has 0 saturated carbocycles.